The van der Waals surface area contributed by atoms with E-state index >= 15 is 0 Å². The van der Waals surface area contributed by atoms with Gasteiger partial charge in [0.1, 0.15) is 5.60 Å². The smallest absolute Gasteiger partial charge is 0.415 e. The number of alkyl carbamates (subject to hydrolysis) is 1. The van der Waals surface area contributed by atoms with Crippen molar-refractivity contribution in [2.75, 3.05) is 26.2 Å². The molecule has 3 aliphatic heterocycles. The van der Waals surface area contributed by atoms with Crippen LogP contribution in [0.25, 0.3) is 0 Å². The van der Waals surface area contributed by atoms with Crippen LogP contribution in [0.1, 0.15) is 46.5 Å². The highest BCUT2D eigenvalue weighted by Crippen LogP contribution is 2.32. The molecule has 3 heterocycles. The molecule has 8 heteroatoms. The zero-order chi connectivity index (χ0) is 18.2. The summed E-state index contributed by atoms with van der Waals surface area (Å²) < 4.78 is 10.7. The van der Waals surface area contributed by atoms with Gasteiger partial charge >= 0.3 is 12.2 Å². The highest BCUT2D eigenvalue weighted by Gasteiger charge is 2.52. The van der Waals surface area contributed by atoms with Gasteiger partial charge in [-0.1, -0.05) is 0 Å². The lowest BCUT2D eigenvalue weighted by molar-refractivity contribution is -0.137. The molecule has 1 atom stereocenters. The van der Waals surface area contributed by atoms with Gasteiger partial charge in [-0.25, -0.2) is 9.59 Å². The van der Waals surface area contributed by atoms with E-state index in [4.69, 9.17) is 9.47 Å². The maximum atomic E-state index is 12.2. The number of piperidine rings is 2. The fourth-order valence-corrected chi connectivity index (χ4v) is 3.83. The third kappa shape index (κ3) is 3.89. The standard InChI is InChI=1S/C17H27N3O5/c1-16(2,3)25-15(23)19-9-5-12(6-10-19)20-8-4-7-17(11-20)13(21)18-14(22)24-17/h12H,4-11H2,1-3H3,(H,18,21,22). The average Bonchev–Trinajstić information content (AvgIpc) is 2.79. The molecule has 140 valence electrons. The van der Waals surface area contributed by atoms with Crippen LogP contribution in [0.5, 0.6) is 0 Å². The van der Waals surface area contributed by atoms with E-state index in [2.05, 4.69) is 10.2 Å². The Morgan fingerprint density at radius 3 is 2.48 bits per heavy atom. The predicted molar refractivity (Wildman–Crippen MR) is 89.0 cm³/mol. The molecule has 0 aromatic rings. The highest BCUT2D eigenvalue weighted by atomic mass is 16.6. The van der Waals surface area contributed by atoms with Gasteiger partial charge in [0, 0.05) is 25.7 Å². The fraction of sp³-hybridized carbons (Fsp3) is 0.824. The Bertz CT molecular complexity index is 565. The van der Waals surface area contributed by atoms with Crippen LogP contribution < -0.4 is 5.32 Å². The first-order valence-electron chi connectivity index (χ1n) is 8.95. The number of carbonyl (C=O) groups is 3. The van der Waals surface area contributed by atoms with Crippen molar-refractivity contribution in [1.82, 2.24) is 15.1 Å². The molecule has 3 fully saturated rings. The molecule has 3 rings (SSSR count). The lowest BCUT2D eigenvalue weighted by Gasteiger charge is -2.44. The molecule has 1 unspecified atom stereocenters. The van der Waals surface area contributed by atoms with Crippen molar-refractivity contribution in [3.8, 4) is 0 Å². The van der Waals surface area contributed by atoms with Crippen molar-refractivity contribution in [2.45, 2.75) is 63.7 Å². The monoisotopic (exact) mass is 353 g/mol. The molecule has 0 bridgehead atoms. The molecule has 0 aliphatic carbocycles. The molecule has 0 saturated carbocycles. The van der Waals surface area contributed by atoms with Crippen LogP contribution in [0.2, 0.25) is 0 Å². The van der Waals surface area contributed by atoms with Crippen molar-refractivity contribution >= 4 is 18.1 Å². The number of amides is 3. The Kier molecular flexibility index (Phi) is 4.66. The average molecular weight is 353 g/mol. The summed E-state index contributed by atoms with van der Waals surface area (Å²) in [5.41, 5.74) is -1.52. The highest BCUT2D eigenvalue weighted by molar-refractivity contribution is 6.03. The van der Waals surface area contributed by atoms with Crippen LogP contribution in [-0.2, 0) is 14.3 Å². The van der Waals surface area contributed by atoms with Crippen molar-refractivity contribution in [2.24, 2.45) is 0 Å². The van der Waals surface area contributed by atoms with Gasteiger partial charge in [0.05, 0.1) is 0 Å². The summed E-state index contributed by atoms with van der Waals surface area (Å²) in [6, 6.07) is 0.281. The number of hydrogen-bond donors (Lipinski definition) is 1. The Morgan fingerprint density at radius 2 is 1.92 bits per heavy atom. The summed E-state index contributed by atoms with van der Waals surface area (Å²) in [5.74, 6) is -0.326. The topological polar surface area (TPSA) is 88.2 Å². The zero-order valence-electron chi connectivity index (χ0n) is 15.2. The predicted octanol–water partition coefficient (Wildman–Crippen LogP) is 1.49. The van der Waals surface area contributed by atoms with Gasteiger partial charge in [0.15, 0.2) is 0 Å². The number of rotatable bonds is 1. The van der Waals surface area contributed by atoms with E-state index < -0.39 is 17.3 Å². The Hall–Kier alpha value is -1.83. The summed E-state index contributed by atoms with van der Waals surface area (Å²) >= 11 is 0. The molecule has 0 aromatic carbocycles. The molecule has 3 aliphatic rings. The largest absolute Gasteiger partial charge is 0.444 e. The lowest BCUT2D eigenvalue weighted by atomic mass is 9.89. The molecular weight excluding hydrogens is 326 g/mol. The molecule has 1 N–H and O–H groups in total. The molecule has 1 spiro atoms. The molecule has 0 radical (unpaired) electrons. The van der Waals surface area contributed by atoms with E-state index in [0.29, 0.717) is 26.1 Å². The fourth-order valence-electron chi connectivity index (χ4n) is 3.83. The van der Waals surface area contributed by atoms with Crippen molar-refractivity contribution in [3.63, 3.8) is 0 Å². The Morgan fingerprint density at radius 1 is 1.24 bits per heavy atom. The van der Waals surface area contributed by atoms with Crippen molar-refractivity contribution in [3.05, 3.63) is 0 Å². The van der Waals surface area contributed by atoms with Gasteiger partial charge < -0.3 is 14.4 Å². The van der Waals surface area contributed by atoms with E-state index in [0.717, 1.165) is 25.8 Å². The van der Waals surface area contributed by atoms with Crippen LogP contribution in [0.15, 0.2) is 0 Å². The molecule has 3 saturated heterocycles. The van der Waals surface area contributed by atoms with Crippen molar-refractivity contribution in [1.29, 1.82) is 0 Å². The molecule has 25 heavy (non-hydrogen) atoms. The lowest BCUT2D eigenvalue weighted by Crippen LogP contribution is -2.57. The van der Waals surface area contributed by atoms with E-state index in [1.54, 1.807) is 4.90 Å². The number of ether oxygens (including phenoxy) is 2. The van der Waals surface area contributed by atoms with Crippen LogP contribution >= 0.6 is 0 Å². The third-order valence-electron chi connectivity index (χ3n) is 5.03. The van der Waals surface area contributed by atoms with Crippen LogP contribution in [-0.4, -0.2) is 71.3 Å². The van der Waals surface area contributed by atoms with Gasteiger partial charge in [-0.15, -0.1) is 0 Å². The third-order valence-corrected chi connectivity index (χ3v) is 5.03. The van der Waals surface area contributed by atoms with Crippen LogP contribution in [0, 0.1) is 0 Å². The second-order valence-electron chi connectivity index (χ2n) is 8.11. The van der Waals surface area contributed by atoms with Gasteiger partial charge in [-0.2, -0.15) is 0 Å². The Labute approximate surface area is 147 Å². The van der Waals surface area contributed by atoms with Crippen molar-refractivity contribution < 1.29 is 23.9 Å². The molecule has 0 aromatic heterocycles. The van der Waals surface area contributed by atoms with Crippen LogP contribution in [0.4, 0.5) is 9.59 Å². The van der Waals surface area contributed by atoms with Gasteiger partial charge in [0.25, 0.3) is 5.91 Å². The minimum Gasteiger partial charge on any atom is -0.444 e. The summed E-state index contributed by atoms with van der Waals surface area (Å²) in [7, 11) is 0. The van der Waals surface area contributed by atoms with E-state index in [1.165, 1.54) is 0 Å². The zero-order valence-corrected chi connectivity index (χ0v) is 15.2. The first kappa shape index (κ1) is 18.0. The summed E-state index contributed by atoms with van der Waals surface area (Å²) in [4.78, 5) is 39.7. The number of hydrogen-bond acceptors (Lipinski definition) is 6. The number of imide groups is 1. The normalized spacial score (nSPS) is 28.8. The maximum Gasteiger partial charge on any atom is 0.415 e. The molecular formula is C17H27N3O5. The van der Waals surface area contributed by atoms with Gasteiger partial charge in [-0.05, 0) is 53.0 Å². The number of likely N-dealkylation sites (tertiary alicyclic amines) is 2. The Balaban J connectivity index is 1.55. The minimum atomic E-state index is -1.03. The summed E-state index contributed by atoms with van der Waals surface area (Å²) in [6.07, 6.45) is 2.11. The summed E-state index contributed by atoms with van der Waals surface area (Å²) in [5, 5.41) is 2.25. The van der Waals surface area contributed by atoms with E-state index in [1.807, 2.05) is 20.8 Å². The summed E-state index contributed by atoms with van der Waals surface area (Å²) in [6.45, 7) is 8.16. The maximum absolute atomic E-state index is 12.2. The second kappa shape index (κ2) is 6.48. The quantitative estimate of drug-likeness (QED) is 0.768. The van der Waals surface area contributed by atoms with Gasteiger partial charge in [0.2, 0.25) is 5.60 Å². The van der Waals surface area contributed by atoms with E-state index in [9.17, 15) is 14.4 Å². The van der Waals surface area contributed by atoms with E-state index in [-0.39, 0.29) is 18.0 Å². The minimum absolute atomic E-state index is 0.273. The number of nitrogens with zero attached hydrogens (tertiary/aromatic N) is 2. The second-order valence-corrected chi connectivity index (χ2v) is 8.11. The molecule has 3 amide bonds. The van der Waals surface area contributed by atoms with Crippen LogP contribution in [0.3, 0.4) is 0 Å². The van der Waals surface area contributed by atoms with Gasteiger partial charge in [-0.3, -0.25) is 15.0 Å². The SMILES string of the molecule is CC(C)(C)OC(=O)N1CCC(N2CCCC3(C2)OC(=O)NC3=O)CC1. The molecule has 8 nitrogen and oxygen atoms in total. The number of carbonyl (C=O) groups excluding carboxylic acids is 3. The first-order chi connectivity index (χ1) is 11.7. The number of nitrogens with one attached hydrogen (secondary N) is 1. The first-order valence-corrected chi connectivity index (χ1v) is 8.95.